The van der Waals surface area contributed by atoms with E-state index < -0.39 is 0 Å². The molecule has 2 N–H and O–H groups in total. The van der Waals surface area contributed by atoms with E-state index in [4.69, 9.17) is 10.5 Å². The van der Waals surface area contributed by atoms with Crippen LogP contribution in [0.1, 0.15) is 28.2 Å². The van der Waals surface area contributed by atoms with Gasteiger partial charge in [-0.2, -0.15) is 0 Å². The van der Waals surface area contributed by atoms with Gasteiger partial charge in [0.15, 0.2) is 5.75 Å². The van der Waals surface area contributed by atoms with Gasteiger partial charge in [-0.3, -0.25) is 4.79 Å². The summed E-state index contributed by atoms with van der Waals surface area (Å²) in [4.78, 5) is 15.4. The van der Waals surface area contributed by atoms with Gasteiger partial charge in [-0.1, -0.05) is 12.1 Å². The lowest BCUT2D eigenvalue weighted by Gasteiger charge is -2.25. The van der Waals surface area contributed by atoms with Crippen molar-refractivity contribution in [2.75, 3.05) is 19.9 Å². The van der Waals surface area contributed by atoms with Crippen molar-refractivity contribution in [1.29, 1.82) is 0 Å². The van der Waals surface area contributed by atoms with Gasteiger partial charge in [0.05, 0.1) is 24.4 Å². The number of benzene rings is 1. The minimum Gasteiger partial charge on any atom is -0.494 e. The molecule has 5 heteroatoms. The van der Waals surface area contributed by atoms with Crippen LogP contribution in [0.25, 0.3) is 0 Å². The lowest BCUT2D eigenvalue weighted by Crippen LogP contribution is -2.29. The van der Waals surface area contributed by atoms with Crippen molar-refractivity contribution in [2.24, 2.45) is 0 Å². The summed E-state index contributed by atoms with van der Waals surface area (Å²) in [6, 6.07) is 9.22. The molecule has 1 amide bonds. The van der Waals surface area contributed by atoms with E-state index in [0.717, 1.165) is 4.88 Å². The molecule has 0 saturated heterocycles. The number of para-hydroxylation sites is 1. The lowest BCUT2D eigenvalue weighted by atomic mass is 10.1. The summed E-state index contributed by atoms with van der Waals surface area (Å²) in [5, 5.41) is 2.01. The SMILES string of the molecule is COc1c(N)cccc1C(=O)N(C)C(C)c1cccs1. The molecule has 0 radical (unpaired) electrons. The second-order valence-corrected chi connectivity index (χ2v) is 5.51. The van der Waals surface area contributed by atoms with Gasteiger partial charge in [-0.15, -0.1) is 11.3 Å². The van der Waals surface area contributed by atoms with Crippen LogP contribution in [0.2, 0.25) is 0 Å². The lowest BCUT2D eigenvalue weighted by molar-refractivity contribution is 0.0741. The predicted molar refractivity (Wildman–Crippen MR) is 82.2 cm³/mol. The molecule has 0 spiro atoms. The number of nitrogens with two attached hydrogens (primary N) is 1. The minimum atomic E-state index is -0.102. The van der Waals surface area contributed by atoms with Gasteiger partial charge in [0, 0.05) is 11.9 Å². The molecule has 1 heterocycles. The number of nitrogens with zero attached hydrogens (tertiary/aromatic N) is 1. The third-order valence-corrected chi connectivity index (χ3v) is 4.38. The largest absolute Gasteiger partial charge is 0.494 e. The number of rotatable bonds is 4. The highest BCUT2D eigenvalue weighted by Crippen LogP contribution is 2.30. The van der Waals surface area contributed by atoms with Crippen molar-refractivity contribution >= 4 is 22.9 Å². The summed E-state index contributed by atoms with van der Waals surface area (Å²) in [5.74, 6) is 0.331. The van der Waals surface area contributed by atoms with Gasteiger partial charge < -0.3 is 15.4 Å². The number of ether oxygens (including phenoxy) is 1. The van der Waals surface area contributed by atoms with Gasteiger partial charge in [0.25, 0.3) is 5.91 Å². The fraction of sp³-hybridized carbons (Fsp3) is 0.267. The number of methoxy groups -OCH3 is 1. The number of hydrogen-bond donors (Lipinski definition) is 1. The quantitative estimate of drug-likeness (QED) is 0.880. The third kappa shape index (κ3) is 2.63. The van der Waals surface area contributed by atoms with Gasteiger partial charge >= 0.3 is 0 Å². The van der Waals surface area contributed by atoms with Crippen LogP contribution < -0.4 is 10.5 Å². The standard InChI is InChI=1S/C15H18N2O2S/c1-10(13-8-5-9-20-13)17(2)15(18)11-6-4-7-12(16)14(11)19-3/h4-10H,16H2,1-3H3. The molecule has 0 fully saturated rings. The zero-order valence-corrected chi connectivity index (χ0v) is 12.6. The first kappa shape index (κ1) is 14.4. The fourth-order valence-corrected chi connectivity index (χ4v) is 2.86. The number of amides is 1. The average Bonchev–Trinajstić information content (AvgIpc) is 2.98. The third-order valence-electron chi connectivity index (χ3n) is 3.34. The first-order chi connectivity index (χ1) is 9.56. The summed E-state index contributed by atoms with van der Waals surface area (Å²) in [7, 11) is 3.31. The molecule has 20 heavy (non-hydrogen) atoms. The summed E-state index contributed by atoms with van der Waals surface area (Å²) in [6.07, 6.45) is 0. The normalized spacial score (nSPS) is 11.9. The zero-order chi connectivity index (χ0) is 14.7. The molecule has 0 aliphatic carbocycles. The number of anilines is 1. The number of nitrogen functional groups attached to an aromatic ring is 1. The minimum absolute atomic E-state index is 0.00800. The summed E-state index contributed by atoms with van der Waals surface area (Å²) < 4.78 is 5.25. The number of carbonyl (C=O) groups excluding carboxylic acids is 1. The molecule has 106 valence electrons. The topological polar surface area (TPSA) is 55.6 Å². The Morgan fingerprint density at radius 1 is 1.35 bits per heavy atom. The van der Waals surface area contributed by atoms with E-state index in [-0.39, 0.29) is 11.9 Å². The second-order valence-electron chi connectivity index (χ2n) is 4.54. The van der Waals surface area contributed by atoms with Crippen molar-refractivity contribution in [3.63, 3.8) is 0 Å². The average molecular weight is 290 g/mol. The van der Waals surface area contributed by atoms with Crippen LogP contribution in [0.5, 0.6) is 5.75 Å². The van der Waals surface area contributed by atoms with Crippen molar-refractivity contribution in [2.45, 2.75) is 13.0 Å². The second kappa shape index (κ2) is 5.96. The van der Waals surface area contributed by atoms with Crippen LogP contribution in [0.4, 0.5) is 5.69 Å². The Morgan fingerprint density at radius 3 is 2.70 bits per heavy atom. The predicted octanol–water partition coefficient (Wildman–Crippen LogP) is 3.17. The Labute approximate surface area is 122 Å². The Hall–Kier alpha value is -2.01. The first-order valence-electron chi connectivity index (χ1n) is 6.29. The molecular formula is C15H18N2O2S. The van der Waals surface area contributed by atoms with Crippen molar-refractivity contribution in [3.8, 4) is 5.75 Å². The molecular weight excluding hydrogens is 272 g/mol. The maximum Gasteiger partial charge on any atom is 0.257 e. The van der Waals surface area contributed by atoms with Gasteiger partial charge in [-0.25, -0.2) is 0 Å². The highest BCUT2D eigenvalue weighted by Gasteiger charge is 2.23. The van der Waals surface area contributed by atoms with Crippen molar-refractivity contribution in [3.05, 3.63) is 46.2 Å². The summed E-state index contributed by atoms with van der Waals surface area (Å²) in [5.41, 5.74) is 6.80. The van der Waals surface area contributed by atoms with Crippen LogP contribution in [-0.4, -0.2) is 25.0 Å². The molecule has 1 aromatic carbocycles. The molecule has 1 atom stereocenters. The maximum atomic E-state index is 12.6. The molecule has 1 unspecified atom stereocenters. The van der Waals surface area contributed by atoms with Crippen LogP contribution in [0.15, 0.2) is 35.7 Å². The molecule has 0 aliphatic heterocycles. The smallest absolute Gasteiger partial charge is 0.257 e. The molecule has 0 bridgehead atoms. The number of carbonyl (C=O) groups is 1. The zero-order valence-electron chi connectivity index (χ0n) is 11.8. The number of thiophene rings is 1. The highest BCUT2D eigenvalue weighted by atomic mass is 32.1. The Kier molecular flexibility index (Phi) is 4.29. The highest BCUT2D eigenvalue weighted by molar-refractivity contribution is 7.10. The first-order valence-corrected chi connectivity index (χ1v) is 7.17. The molecule has 0 aliphatic rings. The fourth-order valence-electron chi connectivity index (χ4n) is 2.04. The van der Waals surface area contributed by atoms with Crippen LogP contribution in [0.3, 0.4) is 0 Å². The van der Waals surface area contributed by atoms with E-state index in [9.17, 15) is 4.79 Å². The molecule has 4 nitrogen and oxygen atoms in total. The molecule has 2 aromatic rings. The molecule has 0 saturated carbocycles. The van der Waals surface area contributed by atoms with Crippen molar-refractivity contribution < 1.29 is 9.53 Å². The molecule has 1 aromatic heterocycles. The maximum absolute atomic E-state index is 12.6. The van der Waals surface area contributed by atoms with E-state index in [2.05, 4.69) is 0 Å². The van der Waals surface area contributed by atoms with E-state index >= 15 is 0 Å². The van der Waals surface area contributed by atoms with E-state index in [1.165, 1.54) is 7.11 Å². The summed E-state index contributed by atoms with van der Waals surface area (Å²) in [6.45, 7) is 2.00. The van der Waals surface area contributed by atoms with Crippen molar-refractivity contribution in [1.82, 2.24) is 4.90 Å². The monoisotopic (exact) mass is 290 g/mol. The van der Waals surface area contributed by atoms with Crippen LogP contribution in [-0.2, 0) is 0 Å². The van der Waals surface area contributed by atoms with Crippen LogP contribution >= 0.6 is 11.3 Å². The Bertz CT molecular complexity index is 596. The number of hydrogen-bond acceptors (Lipinski definition) is 4. The van der Waals surface area contributed by atoms with Gasteiger partial charge in [0.2, 0.25) is 0 Å². The Morgan fingerprint density at radius 2 is 2.10 bits per heavy atom. The van der Waals surface area contributed by atoms with E-state index in [1.54, 1.807) is 41.5 Å². The molecule has 2 rings (SSSR count). The van der Waals surface area contributed by atoms with Gasteiger partial charge in [0.1, 0.15) is 0 Å². The van der Waals surface area contributed by atoms with Crippen LogP contribution in [0, 0.1) is 0 Å². The van der Waals surface area contributed by atoms with E-state index in [0.29, 0.717) is 17.0 Å². The summed E-state index contributed by atoms with van der Waals surface area (Å²) >= 11 is 1.64. The van der Waals surface area contributed by atoms with Gasteiger partial charge in [-0.05, 0) is 30.5 Å². The Balaban J connectivity index is 2.29. The van der Waals surface area contributed by atoms with E-state index in [1.807, 2.05) is 24.4 Å².